The first-order valence-corrected chi connectivity index (χ1v) is 8.32. The first kappa shape index (κ1) is 15.5. The predicted molar refractivity (Wildman–Crippen MR) is 91.8 cm³/mol. The second-order valence-corrected chi connectivity index (χ2v) is 7.24. The van der Waals surface area contributed by atoms with Crippen molar-refractivity contribution in [2.24, 2.45) is 5.73 Å². The van der Waals surface area contributed by atoms with E-state index in [2.05, 4.69) is 53.9 Å². The maximum Gasteiger partial charge on any atom is 0.0563 e. The van der Waals surface area contributed by atoms with E-state index < -0.39 is 0 Å². The molecule has 1 unspecified atom stereocenters. The molecule has 0 amide bonds. The van der Waals surface area contributed by atoms with Gasteiger partial charge in [-0.2, -0.15) is 0 Å². The topological polar surface area (TPSA) is 26.0 Å². The van der Waals surface area contributed by atoms with E-state index in [0.29, 0.717) is 5.02 Å². The van der Waals surface area contributed by atoms with Crippen LogP contribution in [-0.2, 0) is 0 Å². The normalized spacial score (nSPS) is 12.5. The first-order valence-electron chi connectivity index (χ1n) is 5.56. The number of hydrogen-bond acceptors (Lipinski definition) is 1. The Balaban J connectivity index is 2.46. The highest BCUT2D eigenvalue weighted by Gasteiger charge is 2.15. The summed E-state index contributed by atoms with van der Waals surface area (Å²) in [7, 11) is 0. The zero-order valence-corrected chi connectivity index (χ0v) is 15.6. The fraction of sp³-hybridized carbons (Fsp3) is 0.143. The second-order valence-electron chi connectivity index (χ2n) is 4.27. The summed E-state index contributed by atoms with van der Waals surface area (Å²) in [6.07, 6.45) is 0. The van der Waals surface area contributed by atoms with E-state index in [1.165, 1.54) is 0 Å². The predicted octanol–water partition coefficient (Wildman–Crippen LogP) is 5.98. The van der Waals surface area contributed by atoms with Crippen LogP contribution in [0.15, 0.2) is 43.7 Å². The van der Waals surface area contributed by atoms with E-state index in [0.717, 1.165) is 30.1 Å². The zero-order valence-electron chi connectivity index (χ0n) is 10.1. The van der Waals surface area contributed by atoms with Crippen LogP contribution in [-0.4, -0.2) is 0 Å². The number of hydrogen-bond donors (Lipinski definition) is 1. The highest BCUT2D eigenvalue weighted by atomic mass is 79.9. The smallest absolute Gasteiger partial charge is 0.0563 e. The van der Waals surface area contributed by atoms with E-state index in [4.69, 9.17) is 17.3 Å². The minimum absolute atomic E-state index is 0.225. The molecule has 1 nitrogen and oxygen atoms in total. The summed E-state index contributed by atoms with van der Waals surface area (Å²) in [5.41, 5.74) is 9.49. The molecule has 0 radical (unpaired) electrons. The average molecular weight is 468 g/mol. The fourth-order valence-corrected chi connectivity index (χ4v) is 3.29. The Morgan fingerprint density at radius 2 is 1.68 bits per heavy atom. The molecule has 19 heavy (non-hydrogen) atoms. The van der Waals surface area contributed by atoms with E-state index >= 15 is 0 Å². The van der Waals surface area contributed by atoms with E-state index in [1.807, 2.05) is 31.2 Å². The summed E-state index contributed by atoms with van der Waals surface area (Å²) in [5, 5.41) is 0.662. The molecule has 0 spiro atoms. The SMILES string of the molecule is Cc1cc(Br)c(C(N)c2ccc(Br)c(Cl)c2)cc1Br. The Hall–Kier alpha value is 0.130. The second kappa shape index (κ2) is 6.27. The van der Waals surface area contributed by atoms with Gasteiger partial charge >= 0.3 is 0 Å². The molecule has 1 atom stereocenters. The number of benzene rings is 2. The van der Waals surface area contributed by atoms with Crippen molar-refractivity contribution in [3.05, 3.63) is 65.5 Å². The van der Waals surface area contributed by atoms with Gasteiger partial charge in [0.05, 0.1) is 11.1 Å². The standard InChI is InChI=1S/C14H11Br3ClN/c1-7-4-12(17)9(6-11(7)16)14(19)8-2-3-10(15)13(18)5-8/h2-6,14H,19H2,1H3. The van der Waals surface area contributed by atoms with Gasteiger partial charge in [-0.1, -0.05) is 49.5 Å². The van der Waals surface area contributed by atoms with Crippen LogP contribution >= 0.6 is 59.4 Å². The molecule has 0 aromatic heterocycles. The molecule has 2 N–H and O–H groups in total. The highest BCUT2D eigenvalue weighted by Crippen LogP contribution is 2.33. The minimum Gasteiger partial charge on any atom is -0.320 e. The van der Waals surface area contributed by atoms with Crippen molar-refractivity contribution in [2.45, 2.75) is 13.0 Å². The van der Waals surface area contributed by atoms with Gasteiger partial charge in [0.1, 0.15) is 0 Å². The van der Waals surface area contributed by atoms with Gasteiger partial charge < -0.3 is 5.73 Å². The van der Waals surface area contributed by atoms with Crippen LogP contribution in [0.3, 0.4) is 0 Å². The minimum atomic E-state index is -0.225. The molecule has 2 aromatic rings. The Labute approximate surface area is 142 Å². The van der Waals surface area contributed by atoms with Crippen molar-refractivity contribution in [1.29, 1.82) is 0 Å². The molecule has 0 fully saturated rings. The van der Waals surface area contributed by atoms with Crippen LogP contribution in [0.5, 0.6) is 0 Å². The van der Waals surface area contributed by atoms with Crippen molar-refractivity contribution in [3.63, 3.8) is 0 Å². The quantitative estimate of drug-likeness (QED) is 0.576. The Morgan fingerprint density at radius 3 is 2.32 bits per heavy atom. The van der Waals surface area contributed by atoms with Crippen LogP contribution < -0.4 is 5.73 Å². The first-order chi connectivity index (χ1) is 8.90. The van der Waals surface area contributed by atoms with E-state index in [1.54, 1.807) is 0 Å². The summed E-state index contributed by atoms with van der Waals surface area (Å²) in [4.78, 5) is 0. The van der Waals surface area contributed by atoms with Gasteiger partial charge in [-0.25, -0.2) is 0 Å². The molecule has 5 heteroatoms. The van der Waals surface area contributed by atoms with Crippen LogP contribution in [0, 0.1) is 6.92 Å². The molecule has 0 bridgehead atoms. The van der Waals surface area contributed by atoms with Crippen molar-refractivity contribution >= 4 is 59.4 Å². The van der Waals surface area contributed by atoms with Crippen molar-refractivity contribution in [1.82, 2.24) is 0 Å². The summed E-state index contributed by atoms with van der Waals surface area (Å²) >= 11 is 16.6. The van der Waals surface area contributed by atoms with Crippen LogP contribution in [0.2, 0.25) is 5.02 Å². The number of aryl methyl sites for hydroxylation is 1. The average Bonchev–Trinajstić information content (AvgIpc) is 2.36. The lowest BCUT2D eigenvalue weighted by Crippen LogP contribution is -2.12. The summed E-state index contributed by atoms with van der Waals surface area (Å²) < 4.78 is 2.92. The lowest BCUT2D eigenvalue weighted by atomic mass is 9.99. The van der Waals surface area contributed by atoms with Gasteiger partial charge in [0.25, 0.3) is 0 Å². The number of halogens is 4. The summed E-state index contributed by atoms with van der Waals surface area (Å²) in [6, 6.07) is 9.64. The zero-order chi connectivity index (χ0) is 14.2. The molecule has 0 aliphatic heterocycles. The maximum atomic E-state index is 6.33. The Kier molecular flexibility index (Phi) is 5.12. The van der Waals surface area contributed by atoms with Crippen LogP contribution in [0.4, 0.5) is 0 Å². The van der Waals surface area contributed by atoms with Gasteiger partial charge in [-0.3, -0.25) is 0 Å². The third-order valence-electron chi connectivity index (χ3n) is 2.92. The van der Waals surface area contributed by atoms with Crippen LogP contribution in [0.1, 0.15) is 22.7 Å². The highest BCUT2D eigenvalue weighted by molar-refractivity contribution is 9.11. The monoisotopic (exact) mass is 465 g/mol. The molecule has 100 valence electrons. The summed E-state index contributed by atoms with van der Waals surface area (Å²) in [5.74, 6) is 0. The maximum absolute atomic E-state index is 6.33. The molecule has 2 rings (SSSR count). The molecule has 2 aromatic carbocycles. The van der Waals surface area contributed by atoms with Gasteiger partial charge in [0.2, 0.25) is 0 Å². The van der Waals surface area contributed by atoms with Crippen molar-refractivity contribution in [3.8, 4) is 0 Å². The van der Waals surface area contributed by atoms with Gasteiger partial charge in [-0.05, 0) is 63.8 Å². The van der Waals surface area contributed by atoms with Gasteiger partial charge in [0, 0.05) is 13.4 Å². The molecule has 0 aliphatic rings. The third kappa shape index (κ3) is 3.42. The van der Waals surface area contributed by atoms with Gasteiger partial charge in [-0.15, -0.1) is 0 Å². The van der Waals surface area contributed by atoms with E-state index in [-0.39, 0.29) is 6.04 Å². The third-order valence-corrected chi connectivity index (χ3v) is 5.69. The van der Waals surface area contributed by atoms with Crippen LogP contribution in [0.25, 0.3) is 0 Å². The molecular formula is C14H11Br3ClN. The lowest BCUT2D eigenvalue weighted by molar-refractivity contribution is 0.863. The molecule has 0 saturated heterocycles. The molecule has 0 aliphatic carbocycles. The van der Waals surface area contributed by atoms with Gasteiger partial charge in [0.15, 0.2) is 0 Å². The van der Waals surface area contributed by atoms with Crippen molar-refractivity contribution in [2.75, 3.05) is 0 Å². The number of rotatable bonds is 2. The molecular weight excluding hydrogens is 457 g/mol. The molecule has 0 saturated carbocycles. The Morgan fingerprint density at radius 1 is 1.00 bits per heavy atom. The fourth-order valence-electron chi connectivity index (χ4n) is 1.79. The van der Waals surface area contributed by atoms with E-state index in [9.17, 15) is 0 Å². The van der Waals surface area contributed by atoms with Crippen molar-refractivity contribution < 1.29 is 0 Å². The lowest BCUT2D eigenvalue weighted by Gasteiger charge is -2.16. The largest absolute Gasteiger partial charge is 0.320 e. The number of nitrogens with two attached hydrogens (primary N) is 1. The summed E-state index contributed by atoms with van der Waals surface area (Å²) in [6.45, 7) is 2.04. The molecule has 0 heterocycles. The Bertz CT molecular complexity index is 628.